The lowest BCUT2D eigenvalue weighted by Crippen LogP contribution is -1.98. The maximum Gasteiger partial charge on any atom is 0.132 e. The van der Waals surface area contributed by atoms with Crippen molar-refractivity contribution in [1.29, 1.82) is 0 Å². The molecule has 25 heavy (non-hydrogen) atoms. The zero-order valence-electron chi connectivity index (χ0n) is 14.2. The average Bonchev–Trinajstić information content (AvgIpc) is 3.02. The van der Waals surface area contributed by atoms with Crippen LogP contribution in [0.25, 0.3) is 21.5 Å². The zero-order valence-corrected chi connectivity index (χ0v) is 15.0. The van der Waals surface area contributed by atoms with Crippen LogP contribution in [0.4, 0.5) is 5.82 Å². The summed E-state index contributed by atoms with van der Waals surface area (Å²) in [6, 6.07) is 8.37. The van der Waals surface area contributed by atoms with E-state index in [4.69, 9.17) is 10.7 Å². The Morgan fingerprint density at radius 2 is 2.12 bits per heavy atom. The van der Waals surface area contributed by atoms with E-state index >= 15 is 0 Å². The van der Waals surface area contributed by atoms with Gasteiger partial charge in [0.25, 0.3) is 0 Å². The third-order valence-corrected chi connectivity index (χ3v) is 5.40. The number of nitrogens with zero attached hydrogens (tertiary/aromatic N) is 3. The molecule has 0 fully saturated rings. The van der Waals surface area contributed by atoms with Crippen LogP contribution in [0.3, 0.4) is 0 Å². The van der Waals surface area contributed by atoms with E-state index in [0.29, 0.717) is 5.82 Å². The fraction of sp³-hybridized carbons (Fsp3) is 0.150. The van der Waals surface area contributed by atoms with Crippen molar-refractivity contribution in [3.05, 3.63) is 64.2 Å². The number of thiophene rings is 1. The molecule has 0 aromatic carbocycles. The Hall–Kier alpha value is -2.79. The van der Waals surface area contributed by atoms with Gasteiger partial charge in [0.2, 0.25) is 0 Å². The molecular formula is C20H18N4S. The largest absolute Gasteiger partial charge is 0.383 e. The van der Waals surface area contributed by atoms with Crippen molar-refractivity contribution in [1.82, 2.24) is 9.97 Å². The molecule has 124 valence electrons. The normalized spacial score (nSPS) is 13.8. The van der Waals surface area contributed by atoms with Gasteiger partial charge >= 0.3 is 0 Å². The molecule has 2 N–H and O–H groups in total. The Balaban J connectivity index is 1.68. The van der Waals surface area contributed by atoms with E-state index in [-0.39, 0.29) is 0 Å². The number of nitrogens with two attached hydrogens (primary N) is 1. The summed E-state index contributed by atoms with van der Waals surface area (Å²) in [5.41, 5.74) is 11.3. The molecule has 4 nitrogen and oxygen atoms in total. The predicted molar refractivity (Wildman–Crippen MR) is 106 cm³/mol. The number of hydrogen-bond acceptors (Lipinski definition) is 5. The number of aromatic nitrogens is 2. The quantitative estimate of drug-likeness (QED) is 0.711. The lowest BCUT2D eigenvalue weighted by molar-refractivity contribution is 1.14. The van der Waals surface area contributed by atoms with Gasteiger partial charge < -0.3 is 5.73 Å². The first-order chi connectivity index (χ1) is 12.1. The molecule has 0 spiro atoms. The molecule has 1 aliphatic rings. The number of nitrogen functional groups attached to an aromatic ring is 1. The Morgan fingerprint density at radius 3 is 2.84 bits per heavy atom. The molecule has 0 aliphatic heterocycles. The van der Waals surface area contributed by atoms with Crippen molar-refractivity contribution in [3.63, 3.8) is 0 Å². The number of aliphatic imine (C=N–C) groups is 1. The minimum absolute atomic E-state index is 0.478. The summed E-state index contributed by atoms with van der Waals surface area (Å²) in [6.45, 7) is 2.16. The molecule has 5 heteroatoms. The number of allylic oxidation sites excluding steroid dienone is 4. The van der Waals surface area contributed by atoms with Gasteiger partial charge in [-0.1, -0.05) is 12.2 Å². The van der Waals surface area contributed by atoms with E-state index in [2.05, 4.69) is 41.2 Å². The molecule has 0 unspecified atom stereocenters. The van der Waals surface area contributed by atoms with E-state index in [0.717, 1.165) is 28.1 Å². The van der Waals surface area contributed by atoms with Crippen LogP contribution in [0.2, 0.25) is 0 Å². The fourth-order valence-corrected chi connectivity index (χ4v) is 3.90. The molecule has 4 rings (SSSR count). The minimum Gasteiger partial charge on any atom is -0.383 e. The van der Waals surface area contributed by atoms with Crippen LogP contribution in [-0.4, -0.2) is 23.2 Å². The van der Waals surface area contributed by atoms with Gasteiger partial charge in [0.05, 0.1) is 5.69 Å². The van der Waals surface area contributed by atoms with Crippen molar-refractivity contribution in [3.8, 4) is 11.3 Å². The van der Waals surface area contributed by atoms with Gasteiger partial charge in [-0.3, -0.25) is 4.99 Å². The average molecular weight is 346 g/mol. The fourth-order valence-electron chi connectivity index (χ4n) is 2.85. The first kappa shape index (κ1) is 15.7. The van der Waals surface area contributed by atoms with Crippen LogP contribution in [0.5, 0.6) is 0 Å². The number of rotatable bonds is 4. The van der Waals surface area contributed by atoms with Crippen molar-refractivity contribution in [2.45, 2.75) is 13.3 Å². The van der Waals surface area contributed by atoms with Gasteiger partial charge in [0, 0.05) is 47.3 Å². The standard InChI is InChI=1S/C20H18N4S/c1-12-3-4-13(12)8-17-9-14-5-6-18(24-20(14)25-17)15-7-16(10-22-2)19(21)23-11-15/h3-7,9-11H,8H2,1-2H3,(H2,21,23). The highest BCUT2D eigenvalue weighted by atomic mass is 32.1. The van der Waals surface area contributed by atoms with Crippen LogP contribution in [0.1, 0.15) is 17.4 Å². The van der Waals surface area contributed by atoms with E-state index in [1.54, 1.807) is 30.8 Å². The summed E-state index contributed by atoms with van der Waals surface area (Å²) in [5.74, 6) is 0.478. The SMILES string of the molecule is CN=Cc1cc(-c2ccc3cc(CC4=CC=C4C)sc3n2)cnc1N. The van der Waals surface area contributed by atoms with Crippen LogP contribution >= 0.6 is 11.3 Å². The molecule has 0 amide bonds. The minimum atomic E-state index is 0.478. The van der Waals surface area contributed by atoms with E-state index in [9.17, 15) is 0 Å². The van der Waals surface area contributed by atoms with Crippen molar-refractivity contribution in [2.24, 2.45) is 4.99 Å². The van der Waals surface area contributed by atoms with Crippen LogP contribution in [0.15, 0.2) is 58.8 Å². The number of fused-ring (bicyclic) bond motifs is 1. The Bertz CT molecular complexity index is 1060. The third-order valence-electron chi connectivity index (χ3n) is 4.35. The molecule has 0 bridgehead atoms. The Labute approximate surface area is 150 Å². The monoisotopic (exact) mass is 346 g/mol. The second-order valence-corrected chi connectivity index (χ2v) is 7.22. The maximum atomic E-state index is 5.89. The van der Waals surface area contributed by atoms with Gasteiger partial charge in [0.15, 0.2) is 0 Å². The van der Waals surface area contributed by atoms with Crippen molar-refractivity contribution >= 4 is 33.6 Å². The molecule has 3 aromatic rings. The van der Waals surface area contributed by atoms with Gasteiger partial charge in [-0.2, -0.15) is 0 Å². The Kier molecular flexibility index (Phi) is 3.93. The highest BCUT2D eigenvalue weighted by molar-refractivity contribution is 7.18. The molecule has 1 aliphatic carbocycles. The highest BCUT2D eigenvalue weighted by Gasteiger charge is 2.12. The first-order valence-corrected chi connectivity index (χ1v) is 8.91. The molecule has 0 saturated carbocycles. The highest BCUT2D eigenvalue weighted by Crippen LogP contribution is 2.31. The second-order valence-electron chi connectivity index (χ2n) is 6.11. The van der Waals surface area contributed by atoms with Crippen LogP contribution in [-0.2, 0) is 6.42 Å². The molecule has 3 heterocycles. The molecular weight excluding hydrogens is 328 g/mol. The molecule has 3 aromatic heterocycles. The van der Waals surface area contributed by atoms with E-state index < -0.39 is 0 Å². The third kappa shape index (κ3) is 2.98. The number of anilines is 1. The summed E-state index contributed by atoms with van der Waals surface area (Å²) in [4.78, 5) is 15.5. The predicted octanol–water partition coefficient (Wildman–Crippen LogP) is 4.42. The van der Waals surface area contributed by atoms with Crippen molar-refractivity contribution in [2.75, 3.05) is 12.8 Å². The smallest absolute Gasteiger partial charge is 0.132 e. The molecule has 0 saturated heterocycles. The lowest BCUT2D eigenvalue weighted by atomic mass is 9.95. The summed E-state index contributed by atoms with van der Waals surface area (Å²) in [5, 5.41) is 1.18. The van der Waals surface area contributed by atoms with Crippen LogP contribution in [0, 0.1) is 0 Å². The summed E-state index contributed by atoms with van der Waals surface area (Å²) >= 11 is 1.75. The number of hydrogen-bond donors (Lipinski definition) is 1. The topological polar surface area (TPSA) is 64.2 Å². The van der Waals surface area contributed by atoms with Crippen LogP contribution < -0.4 is 5.73 Å². The summed E-state index contributed by atoms with van der Waals surface area (Å²) in [6.07, 6.45) is 8.81. The second kappa shape index (κ2) is 6.26. The summed E-state index contributed by atoms with van der Waals surface area (Å²) < 4.78 is 0. The summed E-state index contributed by atoms with van der Waals surface area (Å²) in [7, 11) is 1.72. The van der Waals surface area contributed by atoms with Gasteiger partial charge in [0.1, 0.15) is 10.6 Å². The first-order valence-electron chi connectivity index (χ1n) is 8.09. The maximum absolute atomic E-state index is 5.89. The molecule has 0 atom stereocenters. The molecule has 0 radical (unpaired) electrons. The van der Waals surface area contributed by atoms with Gasteiger partial charge in [-0.25, -0.2) is 9.97 Å². The number of pyridine rings is 2. The van der Waals surface area contributed by atoms with Crippen molar-refractivity contribution < 1.29 is 0 Å². The lowest BCUT2D eigenvalue weighted by Gasteiger charge is -2.12. The zero-order chi connectivity index (χ0) is 17.4. The Morgan fingerprint density at radius 1 is 1.24 bits per heavy atom. The van der Waals surface area contributed by atoms with Gasteiger partial charge in [-0.15, -0.1) is 11.3 Å². The van der Waals surface area contributed by atoms with E-state index in [1.807, 2.05) is 12.1 Å². The van der Waals surface area contributed by atoms with Gasteiger partial charge in [-0.05, 0) is 42.3 Å². The van der Waals surface area contributed by atoms with E-state index in [1.165, 1.54) is 21.4 Å².